The van der Waals surface area contributed by atoms with E-state index in [9.17, 15) is 4.79 Å². The van der Waals surface area contributed by atoms with Crippen LogP contribution in [-0.2, 0) is 11.2 Å². The second kappa shape index (κ2) is 7.92. The zero-order valence-corrected chi connectivity index (χ0v) is 16.1. The highest BCUT2D eigenvalue weighted by Gasteiger charge is 2.22. The Balaban J connectivity index is 1.57. The zero-order chi connectivity index (χ0) is 19.5. The van der Waals surface area contributed by atoms with Gasteiger partial charge in [-0.05, 0) is 62.4 Å². The van der Waals surface area contributed by atoms with Gasteiger partial charge in [0.1, 0.15) is 0 Å². The number of hydrogen-bond acceptors (Lipinski definition) is 5. The first-order chi connectivity index (χ1) is 13.6. The Morgan fingerprint density at radius 3 is 2.86 bits per heavy atom. The third kappa shape index (κ3) is 3.96. The normalized spacial score (nSPS) is 18.0. The molecule has 0 aromatic heterocycles. The van der Waals surface area contributed by atoms with Crippen molar-refractivity contribution in [3.8, 4) is 11.5 Å². The molecule has 2 aromatic carbocycles. The van der Waals surface area contributed by atoms with E-state index in [4.69, 9.17) is 19.2 Å². The molecule has 0 unspecified atom stereocenters. The lowest BCUT2D eigenvalue weighted by Crippen LogP contribution is -2.34. The number of ether oxygens (including phenoxy) is 3. The van der Waals surface area contributed by atoms with Crippen LogP contribution in [0.15, 0.2) is 47.5 Å². The maximum atomic E-state index is 12.8. The van der Waals surface area contributed by atoms with E-state index in [1.165, 1.54) is 11.1 Å². The highest BCUT2D eigenvalue weighted by molar-refractivity contribution is 6.04. The van der Waals surface area contributed by atoms with Gasteiger partial charge >= 0.3 is 0 Å². The van der Waals surface area contributed by atoms with E-state index in [2.05, 4.69) is 23.5 Å². The molecule has 1 N–H and O–H groups in total. The molecule has 2 aromatic rings. The second-order valence-corrected chi connectivity index (χ2v) is 7.23. The molecule has 2 aliphatic rings. The van der Waals surface area contributed by atoms with E-state index in [0.717, 1.165) is 19.3 Å². The van der Waals surface area contributed by atoms with Crippen molar-refractivity contribution < 1.29 is 19.0 Å². The summed E-state index contributed by atoms with van der Waals surface area (Å²) in [6, 6.07) is 13.7. The average Bonchev–Trinajstić information content (AvgIpc) is 3.15. The number of hydrogen-bond donors (Lipinski definition) is 1. The number of carbonyl (C=O) groups is 1. The van der Waals surface area contributed by atoms with Crippen LogP contribution in [0.25, 0.3) is 0 Å². The molecule has 1 aliphatic carbocycles. The largest absolute Gasteiger partial charge is 0.462 e. The molecule has 28 heavy (non-hydrogen) atoms. The molecule has 0 saturated carbocycles. The van der Waals surface area contributed by atoms with E-state index in [-0.39, 0.29) is 30.9 Å². The Labute approximate surface area is 164 Å². The smallest absolute Gasteiger partial charge is 0.292 e. The lowest BCUT2D eigenvalue weighted by atomic mass is 9.88. The number of aliphatic imine (C=N–C) groups is 1. The maximum Gasteiger partial charge on any atom is 0.292 e. The number of carbonyl (C=O) groups excluding carboxylic acids is 1. The number of nitrogens with one attached hydrogen (secondary N) is 1. The van der Waals surface area contributed by atoms with Gasteiger partial charge in [-0.15, -0.1) is 0 Å². The third-order valence-electron chi connectivity index (χ3n) is 4.81. The van der Waals surface area contributed by atoms with E-state index < -0.39 is 0 Å². The Bertz CT molecular complexity index is 907. The van der Waals surface area contributed by atoms with Gasteiger partial charge in [0.15, 0.2) is 11.5 Å². The zero-order valence-electron chi connectivity index (χ0n) is 16.1. The van der Waals surface area contributed by atoms with Crippen LogP contribution in [0.4, 0.5) is 0 Å². The van der Waals surface area contributed by atoms with Crippen molar-refractivity contribution in [3.05, 3.63) is 59.2 Å². The lowest BCUT2D eigenvalue weighted by Gasteiger charge is -2.23. The van der Waals surface area contributed by atoms with Gasteiger partial charge in [-0.1, -0.05) is 24.3 Å². The van der Waals surface area contributed by atoms with Crippen molar-refractivity contribution in [2.24, 2.45) is 4.99 Å². The Morgan fingerprint density at radius 2 is 2.00 bits per heavy atom. The molecule has 1 heterocycles. The Kier molecular flexibility index (Phi) is 5.19. The van der Waals surface area contributed by atoms with Crippen molar-refractivity contribution in [2.45, 2.75) is 45.3 Å². The Hall–Kier alpha value is -3.02. The molecule has 1 aliphatic heterocycles. The highest BCUT2D eigenvalue weighted by atomic mass is 16.7. The van der Waals surface area contributed by atoms with Crippen molar-refractivity contribution in [1.29, 1.82) is 0 Å². The van der Waals surface area contributed by atoms with Gasteiger partial charge in [0.2, 0.25) is 6.79 Å². The summed E-state index contributed by atoms with van der Waals surface area (Å²) in [7, 11) is 0. The average molecular weight is 380 g/mol. The van der Waals surface area contributed by atoms with Gasteiger partial charge in [-0.3, -0.25) is 10.1 Å². The summed E-state index contributed by atoms with van der Waals surface area (Å²) in [5.74, 6) is 0.918. The van der Waals surface area contributed by atoms with Crippen LogP contribution in [0, 0.1) is 0 Å². The first kappa shape index (κ1) is 18.3. The fourth-order valence-corrected chi connectivity index (χ4v) is 3.53. The first-order valence-electron chi connectivity index (χ1n) is 9.63. The number of benzene rings is 2. The molecule has 0 spiro atoms. The first-order valence-corrected chi connectivity index (χ1v) is 9.63. The summed E-state index contributed by atoms with van der Waals surface area (Å²) in [6.07, 6.45) is 2.96. The fourth-order valence-electron chi connectivity index (χ4n) is 3.53. The summed E-state index contributed by atoms with van der Waals surface area (Å²) in [4.78, 5) is 17.5. The summed E-state index contributed by atoms with van der Waals surface area (Å²) >= 11 is 0. The quantitative estimate of drug-likeness (QED) is 0.645. The van der Waals surface area contributed by atoms with Gasteiger partial charge in [0, 0.05) is 5.56 Å². The minimum Gasteiger partial charge on any atom is -0.462 e. The van der Waals surface area contributed by atoms with Gasteiger partial charge in [-0.2, -0.15) is 0 Å². The Morgan fingerprint density at radius 1 is 1.18 bits per heavy atom. The van der Waals surface area contributed by atoms with Gasteiger partial charge in [-0.25, -0.2) is 4.99 Å². The molecule has 1 atom stereocenters. The topological polar surface area (TPSA) is 69.2 Å². The summed E-state index contributed by atoms with van der Waals surface area (Å²) in [5.41, 5.74) is 2.98. The molecule has 6 heteroatoms. The van der Waals surface area contributed by atoms with Crippen LogP contribution >= 0.6 is 0 Å². The third-order valence-corrected chi connectivity index (χ3v) is 4.81. The van der Waals surface area contributed by atoms with Gasteiger partial charge in [0.25, 0.3) is 11.9 Å². The molecular formula is C22H24N2O4. The monoisotopic (exact) mass is 380 g/mol. The van der Waals surface area contributed by atoms with Crippen LogP contribution in [0.3, 0.4) is 0 Å². The maximum absolute atomic E-state index is 12.8. The molecule has 0 saturated heterocycles. The number of amides is 1. The number of nitrogens with zero attached hydrogens (tertiary/aromatic N) is 1. The van der Waals surface area contributed by atoms with Gasteiger partial charge in [0.05, 0.1) is 12.1 Å². The van der Waals surface area contributed by atoms with Crippen LogP contribution in [0.1, 0.15) is 54.2 Å². The molecule has 0 fully saturated rings. The van der Waals surface area contributed by atoms with E-state index >= 15 is 0 Å². The van der Waals surface area contributed by atoms with E-state index in [0.29, 0.717) is 17.1 Å². The van der Waals surface area contributed by atoms with Crippen LogP contribution in [-0.4, -0.2) is 24.8 Å². The summed E-state index contributed by atoms with van der Waals surface area (Å²) in [5, 5.41) is 2.83. The lowest BCUT2D eigenvalue weighted by molar-refractivity contribution is 0.0959. The minimum absolute atomic E-state index is 0.0178. The number of fused-ring (bicyclic) bond motifs is 2. The van der Waals surface area contributed by atoms with E-state index in [1.807, 2.05) is 19.9 Å². The van der Waals surface area contributed by atoms with Crippen LogP contribution in [0.5, 0.6) is 11.5 Å². The van der Waals surface area contributed by atoms with Crippen LogP contribution in [0.2, 0.25) is 0 Å². The summed E-state index contributed by atoms with van der Waals surface area (Å²) in [6.45, 7) is 4.00. The number of amidine groups is 1. The molecule has 146 valence electrons. The van der Waals surface area contributed by atoms with Crippen LogP contribution < -0.4 is 14.8 Å². The van der Waals surface area contributed by atoms with Crippen molar-refractivity contribution in [3.63, 3.8) is 0 Å². The standard InChI is InChI=1S/C22H24N2O4/c1-14(2)28-22(23-18-9-5-7-15-6-3-4-8-17(15)18)24-21(25)16-10-11-19-20(12-16)27-13-26-19/h3-4,6,8,10-12,14,18H,5,7,9,13H2,1-2H3,(H,23,24,25)/t18-/m0/s1. The fraction of sp³-hybridized carbons (Fsp3) is 0.364. The molecule has 0 radical (unpaired) electrons. The molecule has 6 nitrogen and oxygen atoms in total. The predicted molar refractivity (Wildman–Crippen MR) is 106 cm³/mol. The molecule has 4 rings (SSSR count). The molecule has 0 bridgehead atoms. The number of aryl methyl sites for hydroxylation is 1. The molecule has 1 amide bonds. The SMILES string of the molecule is CC(C)OC(=N[C@H]1CCCc2ccccc21)NC(=O)c1ccc2c(c1)OCO2. The van der Waals surface area contributed by atoms with E-state index in [1.54, 1.807) is 18.2 Å². The highest BCUT2D eigenvalue weighted by Crippen LogP contribution is 2.33. The molecular weight excluding hydrogens is 356 g/mol. The van der Waals surface area contributed by atoms with Crippen molar-refractivity contribution in [1.82, 2.24) is 5.32 Å². The van der Waals surface area contributed by atoms with Crippen molar-refractivity contribution >= 4 is 11.9 Å². The van der Waals surface area contributed by atoms with Gasteiger partial charge < -0.3 is 14.2 Å². The predicted octanol–water partition coefficient (Wildman–Crippen LogP) is 4.00. The second-order valence-electron chi connectivity index (χ2n) is 7.23. The van der Waals surface area contributed by atoms with Crippen molar-refractivity contribution in [2.75, 3.05) is 6.79 Å². The minimum atomic E-state index is -0.290. The summed E-state index contributed by atoms with van der Waals surface area (Å²) < 4.78 is 16.5. The number of rotatable bonds is 3.